The van der Waals surface area contributed by atoms with E-state index < -0.39 is 6.04 Å². The predicted octanol–water partition coefficient (Wildman–Crippen LogP) is 4.93. The van der Waals surface area contributed by atoms with Gasteiger partial charge in [-0.25, -0.2) is 4.39 Å². The quantitative estimate of drug-likeness (QED) is 0.427. The fraction of sp³-hybridized carbons (Fsp3) is 0.310. The molecule has 2 amide bonds. The maximum atomic E-state index is 13.7. The van der Waals surface area contributed by atoms with Crippen LogP contribution in [0.5, 0.6) is 5.75 Å². The van der Waals surface area contributed by atoms with E-state index in [4.69, 9.17) is 4.74 Å². The molecule has 1 N–H and O–H groups in total. The van der Waals surface area contributed by atoms with E-state index >= 15 is 0 Å². The number of nitrogens with zero attached hydrogens (tertiary/aromatic N) is 1. The molecule has 0 radical (unpaired) electrons. The van der Waals surface area contributed by atoms with Gasteiger partial charge in [-0.1, -0.05) is 61.5 Å². The van der Waals surface area contributed by atoms with Crippen LogP contribution in [0.1, 0.15) is 37.0 Å². The molecule has 0 unspecified atom stereocenters. The molecule has 0 spiro atoms. The van der Waals surface area contributed by atoms with Gasteiger partial charge in [0.25, 0.3) is 0 Å². The topological polar surface area (TPSA) is 58.6 Å². The van der Waals surface area contributed by atoms with E-state index in [1.807, 2.05) is 68.4 Å². The van der Waals surface area contributed by atoms with Gasteiger partial charge in [0.15, 0.2) is 0 Å². The van der Waals surface area contributed by atoms with E-state index in [-0.39, 0.29) is 36.6 Å². The van der Waals surface area contributed by atoms with Crippen LogP contribution in [0.3, 0.4) is 0 Å². The Hall–Kier alpha value is -3.67. The van der Waals surface area contributed by atoms with Crippen LogP contribution in [-0.4, -0.2) is 35.9 Å². The van der Waals surface area contributed by atoms with Crippen LogP contribution in [0.4, 0.5) is 4.39 Å². The summed E-state index contributed by atoms with van der Waals surface area (Å²) >= 11 is 0. The van der Waals surface area contributed by atoms with Crippen molar-refractivity contribution in [3.8, 4) is 5.75 Å². The van der Waals surface area contributed by atoms with E-state index in [2.05, 4.69) is 5.32 Å². The Balaban J connectivity index is 1.97. The van der Waals surface area contributed by atoms with Crippen LogP contribution >= 0.6 is 0 Å². The second-order valence-corrected chi connectivity index (χ2v) is 8.70. The van der Waals surface area contributed by atoms with E-state index in [9.17, 15) is 14.0 Å². The number of hydrogen-bond donors (Lipinski definition) is 1. The number of carbonyl (C=O) groups is 2. The van der Waals surface area contributed by atoms with Crippen LogP contribution in [-0.2, 0) is 29.0 Å². The highest BCUT2D eigenvalue weighted by Crippen LogP contribution is 2.20. The number of benzene rings is 3. The highest BCUT2D eigenvalue weighted by Gasteiger charge is 2.31. The molecule has 3 aromatic rings. The summed E-state index contributed by atoms with van der Waals surface area (Å²) in [5, 5.41) is 3.06. The highest BCUT2D eigenvalue weighted by atomic mass is 19.1. The molecular formula is C29H33FN2O3. The fourth-order valence-corrected chi connectivity index (χ4v) is 3.84. The first-order valence-corrected chi connectivity index (χ1v) is 11.9. The molecule has 0 saturated heterocycles. The standard InChI is InChI=1S/C29H33FN2O3/c1-4-21(2)31-29(34)27(18-22-9-6-5-7-10-22)32(20-24-11-8-12-26(17-24)35-3)28(33)19-23-13-15-25(30)16-14-23/h5-17,21,27H,4,18-20H2,1-3H3,(H,31,34)/t21-,27-/m1/s1. The first-order chi connectivity index (χ1) is 16.9. The average Bonchev–Trinajstić information content (AvgIpc) is 2.88. The molecule has 0 fully saturated rings. The lowest BCUT2D eigenvalue weighted by Crippen LogP contribution is -2.52. The minimum atomic E-state index is -0.717. The Morgan fingerprint density at radius 1 is 0.943 bits per heavy atom. The lowest BCUT2D eigenvalue weighted by Gasteiger charge is -2.32. The van der Waals surface area contributed by atoms with Gasteiger partial charge in [0, 0.05) is 19.0 Å². The molecule has 2 atom stereocenters. The van der Waals surface area contributed by atoms with Crippen LogP contribution in [0.15, 0.2) is 78.9 Å². The smallest absolute Gasteiger partial charge is 0.243 e. The fourth-order valence-electron chi connectivity index (χ4n) is 3.84. The summed E-state index contributed by atoms with van der Waals surface area (Å²) in [5.74, 6) is -0.0837. The van der Waals surface area contributed by atoms with Crippen molar-refractivity contribution in [3.05, 3.63) is 101 Å². The van der Waals surface area contributed by atoms with Gasteiger partial charge in [0.05, 0.1) is 13.5 Å². The zero-order chi connectivity index (χ0) is 25.2. The predicted molar refractivity (Wildman–Crippen MR) is 135 cm³/mol. The third kappa shape index (κ3) is 7.67. The van der Waals surface area contributed by atoms with Crippen molar-refractivity contribution in [1.82, 2.24) is 10.2 Å². The zero-order valence-corrected chi connectivity index (χ0v) is 20.5. The molecule has 0 aromatic heterocycles. The molecule has 3 rings (SSSR count). The van der Waals surface area contributed by atoms with Gasteiger partial charge in [-0.3, -0.25) is 9.59 Å². The molecule has 184 valence electrons. The van der Waals surface area contributed by atoms with Crippen LogP contribution in [0.25, 0.3) is 0 Å². The van der Waals surface area contributed by atoms with E-state index in [1.54, 1.807) is 24.1 Å². The minimum absolute atomic E-state index is 0.0216. The largest absolute Gasteiger partial charge is 0.497 e. The Morgan fingerprint density at radius 2 is 1.63 bits per heavy atom. The van der Waals surface area contributed by atoms with E-state index in [1.165, 1.54) is 12.1 Å². The Morgan fingerprint density at radius 3 is 2.29 bits per heavy atom. The average molecular weight is 477 g/mol. The molecule has 0 aliphatic carbocycles. The highest BCUT2D eigenvalue weighted by molar-refractivity contribution is 5.89. The Bertz CT molecular complexity index is 1100. The molecule has 0 aliphatic heterocycles. The van der Waals surface area contributed by atoms with Crippen molar-refractivity contribution in [3.63, 3.8) is 0 Å². The second kappa shape index (κ2) is 12.7. The molecule has 5 nitrogen and oxygen atoms in total. The molecule has 3 aromatic carbocycles. The molecule has 6 heteroatoms. The number of hydrogen-bond acceptors (Lipinski definition) is 3. The number of halogens is 1. The maximum Gasteiger partial charge on any atom is 0.243 e. The number of amides is 2. The van der Waals surface area contributed by atoms with Gasteiger partial charge in [0.2, 0.25) is 11.8 Å². The normalized spacial score (nSPS) is 12.5. The summed E-state index contributed by atoms with van der Waals surface area (Å²) in [4.78, 5) is 28.8. The summed E-state index contributed by atoms with van der Waals surface area (Å²) in [6.07, 6.45) is 1.22. The molecule has 0 aliphatic rings. The third-order valence-corrected chi connectivity index (χ3v) is 6.03. The van der Waals surface area contributed by atoms with E-state index in [0.29, 0.717) is 17.7 Å². The summed E-state index contributed by atoms with van der Waals surface area (Å²) in [5.41, 5.74) is 2.50. The van der Waals surface area contributed by atoms with Gasteiger partial charge in [0.1, 0.15) is 17.6 Å². The molecule has 0 heterocycles. The van der Waals surface area contributed by atoms with Gasteiger partial charge >= 0.3 is 0 Å². The minimum Gasteiger partial charge on any atom is -0.497 e. The maximum absolute atomic E-state index is 13.7. The first-order valence-electron chi connectivity index (χ1n) is 11.9. The first kappa shape index (κ1) is 25.9. The Labute approximate surface area is 206 Å². The monoisotopic (exact) mass is 476 g/mol. The van der Waals surface area contributed by atoms with E-state index in [0.717, 1.165) is 17.5 Å². The number of rotatable bonds is 11. The zero-order valence-electron chi connectivity index (χ0n) is 20.5. The van der Waals surface area contributed by atoms with Crippen LogP contribution in [0, 0.1) is 5.82 Å². The van der Waals surface area contributed by atoms with Crippen molar-refractivity contribution in [2.24, 2.45) is 0 Å². The number of methoxy groups -OCH3 is 1. The summed E-state index contributed by atoms with van der Waals surface area (Å²) in [6.45, 7) is 4.19. The Kier molecular flexibility index (Phi) is 9.41. The summed E-state index contributed by atoms with van der Waals surface area (Å²) in [6, 6.07) is 22.3. The summed E-state index contributed by atoms with van der Waals surface area (Å²) in [7, 11) is 1.59. The van der Waals surface area contributed by atoms with Gasteiger partial charge < -0.3 is 15.0 Å². The number of carbonyl (C=O) groups excluding carboxylic acids is 2. The molecule has 0 saturated carbocycles. The number of ether oxygens (including phenoxy) is 1. The van der Waals surface area contributed by atoms with Crippen molar-refractivity contribution in [2.75, 3.05) is 7.11 Å². The van der Waals surface area contributed by atoms with Crippen molar-refractivity contribution in [2.45, 2.75) is 51.7 Å². The number of nitrogens with one attached hydrogen (secondary N) is 1. The van der Waals surface area contributed by atoms with Crippen molar-refractivity contribution < 1.29 is 18.7 Å². The summed E-state index contributed by atoms with van der Waals surface area (Å²) < 4.78 is 18.8. The molecular weight excluding hydrogens is 443 g/mol. The van der Waals surface area contributed by atoms with Crippen LogP contribution in [0.2, 0.25) is 0 Å². The van der Waals surface area contributed by atoms with Crippen LogP contribution < -0.4 is 10.1 Å². The van der Waals surface area contributed by atoms with Crippen molar-refractivity contribution in [1.29, 1.82) is 0 Å². The molecule has 0 bridgehead atoms. The second-order valence-electron chi connectivity index (χ2n) is 8.70. The van der Waals surface area contributed by atoms with Gasteiger partial charge in [-0.2, -0.15) is 0 Å². The lowest BCUT2D eigenvalue weighted by atomic mass is 10.0. The SMILES string of the molecule is CC[C@@H](C)NC(=O)[C@@H](Cc1ccccc1)N(Cc1cccc(OC)c1)C(=O)Cc1ccc(F)cc1. The van der Waals surface area contributed by atoms with Crippen molar-refractivity contribution >= 4 is 11.8 Å². The van der Waals surface area contributed by atoms with Gasteiger partial charge in [-0.15, -0.1) is 0 Å². The third-order valence-electron chi connectivity index (χ3n) is 6.03. The van der Waals surface area contributed by atoms with Gasteiger partial charge in [-0.05, 0) is 54.3 Å². The molecule has 35 heavy (non-hydrogen) atoms. The lowest BCUT2D eigenvalue weighted by molar-refractivity contribution is -0.141.